The van der Waals surface area contributed by atoms with E-state index < -0.39 is 0 Å². The Morgan fingerprint density at radius 2 is 2.47 bits per heavy atom. The number of rotatable bonds is 1. The van der Waals surface area contributed by atoms with Crippen molar-refractivity contribution in [2.45, 2.75) is 19.0 Å². The molecule has 1 aliphatic heterocycles. The minimum atomic E-state index is -0.312. The highest BCUT2D eigenvalue weighted by Gasteiger charge is 2.25. The maximum absolute atomic E-state index is 11.3. The molecule has 80 valence electrons. The average molecular weight is 227 g/mol. The van der Waals surface area contributed by atoms with Crippen molar-refractivity contribution in [3.05, 3.63) is 28.5 Å². The zero-order chi connectivity index (χ0) is 10.8. The van der Waals surface area contributed by atoms with Crippen molar-refractivity contribution in [2.24, 2.45) is 0 Å². The maximum Gasteiger partial charge on any atom is 0.323 e. The minimum Gasteiger partial charge on any atom is -0.468 e. The molecule has 0 fully saturated rings. The molecule has 0 saturated carbocycles. The zero-order valence-corrected chi connectivity index (χ0v) is 9.04. The monoisotopic (exact) mass is 226 g/mol. The summed E-state index contributed by atoms with van der Waals surface area (Å²) in [4.78, 5) is 15.5. The second kappa shape index (κ2) is 4.16. The fraction of sp³-hybridized carbons (Fsp3) is 0.400. The lowest BCUT2D eigenvalue weighted by Gasteiger charge is -2.23. The number of hydrogen-bond acceptors (Lipinski definition) is 4. The molecule has 1 aromatic rings. The van der Waals surface area contributed by atoms with E-state index in [0.717, 1.165) is 11.3 Å². The number of esters is 1. The first-order valence-corrected chi connectivity index (χ1v) is 5.04. The lowest BCUT2D eigenvalue weighted by atomic mass is 10.0. The van der Waals surface area contributed by atoms with Crippen molar-refractivity contribution >= 4 is 17.6 Å². The molecule has 15 heavy (non-hydrogen) atoms. The van der Waals surface area contributed by atoms with Crippen LogP contribution < -0.4 is 5.32 Å². The van der Waals surface area contributed by atoms with Gasteiger partial charge in [0, 0.05) is 18.7 Å². The molecule has 1 N–H and O–H groups in total. The van der Waals surface area contributed by atoms with Crippen LogP contribution in [0, 0.1) is 0 Å². The molecule has 0 aliphatic carbocycles. The molecular formula is C10H11ClN2O2. The first kappa shape index (κ1) is 10.4. The third-order valence-corrected chi connectivity index (χ3v) is 2.67. The van der Waals surface area contributed by atoms with Crippen LogP contribution in [-0.2, 0) is 22.5 Å². The van der Waals surface area contributed by atoms with Crippen LogP contribution in [0.4, 0.5) is 0 Å². The van der Waals surface area contributed by atoms with Gasteiger partial charge in [-0.3, -0.25) is 10.1 Å². The van der Waals surface area contributed by atoms with Crippen molar-refractivity contribution in [2.75, 3.05) is 7.11 Å². The summed E-state index contributed by atoms with van der Waals surface area (Å²) >= 11 is 5.79. The second-order valence-corrected chi connectivity index (χ2v) is 3.79. The number of carbonyl (C=O) groups is 1. The predicted octanol–water partition coefficient (Wildman–Crippen LogP) is 0.922. The molecule has 0 aromatic carbocycles. The molecule has 0 amide bonds. The summed E-state index contributed by atoms with van der Waals surface area (Å²) in [6.45, 7) is 0.624. The molecule has 1 aromatic heterocycles. The normalized spacial score (nSPS) is 19.5. The van der Waals surface area contributed by atoms with Crippen molar-refractivity contribution in [1.82, 2.24) is 10.3 Å². The summed E-state index contributed by atoms with van der Waals surface area (Å²) in [5.74, 6) is -0.262. The Balaban J connectivity index is 2.22. The van der Waals surface area contributed by atoms with Crippen LogP contribution in [0.2, 0.25) is 5.15 Å². The van der Waals surface area contributed by atoms with Gasteiger partial charge in [-0.25, -0.2) is 4.98 Å². The van der Waals surface area contributed by atoms with E-state index in [9.17, 15) is 4.79 Å². The summed E-state index contributed by atoms with van der Waals surface area (Å²) in [5, 5.41) is 3.55. The van der Waals surface area contributed by atoms with Gasteiger partial charge in [0.2, 0.25) is 0 Å². The van der Waals surface area contributed by atoms with Gasteiger partial charge in [0.25, 0.3) is 0 Å². The molecule has 2 rings (SSSR count). The molecule has 0 radical (unpaired) electrons. The number of aromatic nitrogens is 1. The van der Waals surface area contributed by atoms with E-state index in [1.54, 1.807) is 6.07 Å². The van der Waals surface area contributed by atoms with Gasteiger partial charge in [-0.05, 0) is 11.6 Å². The number of carbonyl (C=O) groups excluding carboxylic acids is 1. The van der Waals surface area contributed by atoms with Crippen molar-refractivity contribution < 1.29 is 9.53 Å². The Bertz CT molecular complexity index is 395. The molecule has 1 aliphatic rings. The molecule has 1 unspecified atom stereocenters. The molecule has 5 heteroatoms. The second-order valence-electron chi connectivity index (χ2n) is 3.40. The summed E-state index contributed by atoms with van der Waals surface area (Å²) in [7, 11) is 1.38. The zero-order valence-electron chi connectivity index (χ0n) is 8.29. The third kappa shape index (κ3) is 2.11. The molecule has 1 atom stereocenters. The van der Waals surface area contributed by atoms with E-state index in [1.807, 2.05) is 6.07 Å². The summed E-state index contributed by atoms with van der Waals surface area (Å²) in [6, 6.07) is 3.36. The van der Waals surface area contributed by atoms with Crippen molar-refractivity contribution in [1.29, 1.82) is 0 Å². The number of fused-ring (bicyclic) bond motifs is 1. The van der Waals surface area contributed by atoms with Crippen molar-refractivity contribution in [3.8, 4) is 0 Å². The number of halogens is 1. The highest BCUT2D eigenvalue weighted by Crippen LogP contribution is 2.17. The fourth-order valence-corrected chi connectivity index (χ4v) is 1.81. The Labute approximate surface area is 92.6 Å². The minimum absolute atomic E-state index is 0.262. The Morgan fingerprint density at radius 1 is 1.67 bits per heavy atom. The molecular weight excluding hydrogens is 216 g/mol. The van der Waals surface area contributed by atoms with E-state index >= 15 is 0 Å². The van der Waals surface area contributed by atoms with Gasteiger partial charge < -0.3 is 4.74 Å². The summed E-state index contributed by atoms with van der Waals surface area (Å²) in [6.07, 6.45) is 0.530. The van der Waals surface area contributed by atoms with Crippen LogP contribution in [0.25, 0.3) is 0 Å². The first-order valence-electron chi connectivity index (χ1n) is 4.66. The number of hydrogen-bond donors (Lipinski definition) is 1. The van der Waals surface area contributed by atoms with E-state index in [4.69, 9.17) is 11.6 Å². The Morgan fingerprint density at radius 3 is 3.20 bits per heavy atom. The van der Waals surface area contributed by atoms with Gasteiger partial charge in [-0.1, -0.05) is 17.7 Å². The van der Waals surface area contributed by atoms with Gasteiger partial charge in [0.05, 0.1) is 7.11 Å². The van der Waals surface area contributed by atoms with Gasteiger partial charge in [-0.2, -0.15) is 0 Å². The van der Waals surface area contributed by atoms with Crippen LogP contribution in [-0.4, -0.2) is 24.1 Å². The van der Waals surface area contributed by atoms with Gasteiger partial charge in [0.15, 0.2) is 0 Å². The van der Waals surface area contributed by atoms with E-state index in [1.165, 1.54) is 7.11 Å². The van der Waals surface area contributed by atoms with Gasteiger partial charge in [0.1, 0.15) is 11.2 Å². The lowest BCUT2D eigenvalue weighted by molar-refractivity contribution is -0.143. The van der Waals surface area contributed by atoms with E-state index in [0.29, 0.717) is 18.1 Å². The molecule has 0 bridgehead atoms. The summed E-state index contributed by atoms with van der Waals surface area (Å²) in [5.41, 5.74) is 1.95. The number of methoxy groups -OCH3 is 1. The Hall–Kier alpha value is -1.13. The van der Waals surface area contributed by atoms with Gasteiger partial charge in [-0.15, -0.1) is 0 Å². The highest BCUT2D eigenvalue weighted by molar-refractivity contribution is 6.29. The number of pyridine rings is 1. The Kier molecular flexibility index (Phi) is 2.88. The number of nitrogens with zero attached hydrogens (tertiary/aromatic N) is 1. The smallest absolute Gasteiger partial charge is 0.323 e. The molecule has 4 nitrogen and oxygen atoms in total. The third-order valence-electron chi connectivity index (χ3n) is 2.46. The number of ether oxygens (including phenoxy) is 1. The summed E-state index contributed by atoms with van der Waals surface area (Å²) < 4.78 is 4.67. The predicted molar refractivity (Wildman–Crippen MR) is 55.6 cm³/mol. The van der Waals surface area contributed by atoms with Crippen LogP contribution in [0.5, 0.6) is 0 Å². The quantitative estimate of drug-likeness (QED) is 0.572. The lowest BCUT2D eigenvalue weighted by Crippen LogP contribution is -2.42. The fourth-order valence-electron chi connectivity index (χ4n) is 1.65. The molecule has 0 saturated heterocycles. The topological polar surface area (TPSA) is 51.2 Å². The standard InChI is InChI=1S/C10H11ClN2O2/c1-15-10(14)8-4-7-6(5-12-8)2-3-9(11)13-7/h2-3,8,12H,4-5H2,1H3. The van der Waals surface area contributed by atoms with Gasteiger partial charge >= 0.3 is 5.97 Å². The van der Waals surface area contributed by atoms with E-state index in [2.05, 4.69) is 15.0 Å². The molecule has 0 spiro atoms. The van der Waals surface area contributed by atoms with E-state index in [-0.39, 0.29) is 12.0 Å². The van der Waals surface area contributed by atoms with Crippen molar-refractivity contribution in [3.63, 3.8) is 0 Å². The average Bonchev–Trinajstić information content (AvgIpc) is 2.27. The SMILES string of the molecule is COC(=O)C1Cc2nc(Cl)ccc2CN1. The van der Waals surface area contributed by atoms with Crippen LogP contribution >= 0.6 is 11.6 Å². The van der Waals surface area contributed by atoms with Crippen LogP contribution in [0.3, 0.4) is 0 Å². The van der Waals surface area contributed by atoms with Crippen LogP contribution in [0.1, 0.15) is 11.3 Å². The maximum atomic E-state index is 11.3. The number of nitrogens with one attached hydrogen (secondary N) is 1. The first-order chi connectivity index (χ1) is 7.20. The largest absolute Gasteiger partial charge is 0.468 e. The van der Waals surface area contributed by atoms with Crippen LogP contribution in [0.15, 0.2) is 12.1 Å². The molecule has 2 heterocycles. The highest BCUT2D eigenvalue weighted by atomic mass is 35.5.